The van der Waals surface area contributed by atoms with Crippen molar-refractivity contribution in [2.24, 2.45) is 4.99 Å². The summed E-state index contributed by atoms with van der Waals surface area (Å²) in [4.78, 5) is 11.8. The van der Waals surface area contributed by atoms with Gasteiger partial charge in [-0.25, -0.2) is 9.97 Å². The largest absolute Gasteiger partial charge is 0.434 e. The van der Waals surface area contributed by atoms with Gasteiger partial charge < -0.3 is 15.2 Å². The zero-order chi connectivity index (χ0) is 20.7. The number of halogens is 4. The minimum Gasteiger partial charge on any atom is -0.356 e. The average Bonchev–Trinajstić information content (AvgIpc) is 3.36. The number of thiazole rings is 1. The first kappa shape index (κ1) is 24.1. The molecule has 162 valence electrons. The Morgan fingerprint density at radius 2 is 2.03 bits per heavy atom. The van der Waals surface area contributed by atoms with E-state index in [9.17, 15) is 13.2 Å². The summed E-state index contributed by atoms with van der Waals surface area (Å²) >= 11 is 1.01. The summed E-state index contributed by atoms with van der Waals surface area (Å²) in [6.45, 7) is 1.76. The second-order valence-electron chi connectivity index (χ2n) is 6.28. The van der Waals surface area contributed by atoms with Crippen LogP contribution >= 0.6 is 35.3 Å². The van der Waals surface area contributed by atoms with Crippen molar-refractivity contribution in [3.63, 3.8) is 0 Å². The Morgan fingerprint density at radius 1 is 1.23 bits per heavy atom. The Labute approximate surface area is 193 Å². The molecule has 11 heteroatoms. The Balaban J connectivity index is 0.00000320. The zero-order valence-corrected chi connectivity index (χ0v) is 19.3. The molecule has 0 saturated heterocycles. The molecular formula is C19H22F3IN6S. The summed E-state index contributed by atoms with van der Waals surface area (Å²) in [6, 6.07) is 8.18. The first-order valence-corrected chi connectivity index (χ1v) is 9.81. The van der Waals surface area contributed by atoms with E-state index in [1.54, 1.807) is 19.6 Å². The number of imidazole rings is 1. The van der Waals surface area contributed by atoms with Crippen LogP contribution in [0.3, 0.4) is 0 Å². The molecule has 0 aliphatic rings. The van der Waals surface area contributed by atoms with Gasteiger partial charge in [-0.2, -0.15) is 13.2 Å². The van der Waals surface area contributed by atoms with Crippen molar-refractivity contribution < 1.29 is 13.2 Å². The molecular weight excluding hydrogens is 528 g/mol. The van der Waals surface area contributed by atoms with Gasteiger partial charge in [0.25, 0.3) is 0 Å². The molecule has 3 rings (SSSR count). The van der Waals surface area contributed by atoms with Gasteiger partial charge in [0.1, 0.15) is 0 Å². The topological polar surface area (TPSA) is 67.1 Å². The first-order valence-electron chi connectivity index (χ1n) is 8.93. The molecule has 0 atom stereocenters. The number of hydrogen-bond acceptors (Lipinski definition) is 4. The average molecular weight is 550 g/mol. The monoisotopic (exact) mass is 550 g/mol. The maximum atomic E-state index is 12.6. The molecule has 2 aromatic heterocycles. The third-order valence-corrected chi connectivity index (χ3v) is 4.98. The lowest BCUT2D eigenvalue weighted by molar-refractivity contribution is -0.140. The molecule has 0 amide bonds. The van der Waals surface area contributed by atoms with Gasteiger partial charge in [0, 0.05) is 50.9 Å². The standard InChI is InChI=1S/C19H21F3N6S.HI/c1-23-18(25-6-5-17-27-16(12-29-17)19(20,21)22)26-10-14-3-2-4-15(9-14)11-28-8-7-24-13-28;/h2-4,7-9,12-13H,5-6,10-11H2,1H3,(H2,23,25,26);1H. The van der Waals surface area contributed by atoms with E-state index in [1.807, 2.05) is 22.9 Å². The fourth-order valence-electron chi connectivity index (χ4n) is 2.68. The lowest BCUT2D eigenvalue weighted by atomic mass is 10.1. The summed E-state index contributed by atoms with van der Waals surface area (Å²) in [7, 11) is 1.65. The number of rotatable bonds is 7. The molecule has 0 saturated carbocycles. The smallest absolute Gasteiger partial charge is 0.356 e. The molecule has 0 unspecified atom stereocenters. The van der Waals surface area contributed by atoms with Crippen molar-refractivity contribution >= 4 is 41.3 Å². The van der Waals surface area contributed by atoms with E-state index in [2.05, 4.69) is 37.7 Å². The zero-order valence-electron chi connectivity index (χ0n) is 16.2. The van der Waals surface area contributed by atoms with Crippen molar-refractivity contribution in [1.29, 1.82) is 0 Å². The normalized spacial score (nSPS) is 11.8. The van der Waals surface area contributed by atoms with Crippen LogP contribution in [-0.4, -0.2) is 34.1 Å². The lowest BCUT2D eigenvalue weighted by Crippen LogP contribution is -2.37. The van der Waals surface area contributed by atoms with Gasteiger partial charge in [0.2, 0.25) is 0 Å². The molecule has 0 radical (unpaired) electrons. The predicted octanol–water partition coefficient (Wildman–Crippen LogP) is 3.93. The van der Waals surface area contributed by atoms with Crippen LogP contribution in [0.4, 0.5) is 13.2 Å². The Bertz CT molecular complexity index is 940. The van der Waals surface area contributed by atoms with Crippen LogP contribution in [0.2, 0.25) is 0 Å². The maximum absolute atomic E-state index is 12.6. The highest BCUT2D eigenvalue weighted by molar-refractivity contribution is 14.0. The van der Waals surface area contributed by atoms with Crippen LogP contribution in [0.25, 0.3) is 0 Å². The van der Waals surface area contributed by atoms with Crippen molar-refractivity contribution in [2.45, 2.75) is 25.7 Å². The van der Waals surface area contributed by atoms with E-state index in [0.717, 1.165) is 34.4 Å². The number of aromatic nitrogens is 3. The van der Waals surface area contributed by atoms with Crippen LogP contribution in [-0.2, 0) is 25.7 Å². The molecule has 30 heavy (non-hydrogen) atoms. The highest BCUT2D eigenvalue weighted by atomic mass is 127. The molecule has 0 fully saturated rings. The van der Waals surface area contributed by atoms with Gasteiger partial charge in [-0.1, -0.05) is 24.3 Å². The fraction of sp³-hybridized carbons (Fsp3) is 0.316. The van der Waals surface area contributed by atoms with Crippen molar-refractivity contribution in [1.82, 2.24) is 25.2 Å². The fourth-order valence-corrected chi connectivity index (χ4v) is 3.48. The third-order valence-electron chi connectivity index (χ3n) is 4.07. The second kappa shape index (κ2) is 11.3. The number of guanidine groups is 1. The van der Waals surface area contributed by atoms with Crippen molar-refractivity contribution in [2.75, 3.05) is 13.6 Å². The van der Waals surface area contributed by atoms with Gasteiger partial charge in [-0.05, 0) is 11.1 Å². The molecule has 2 heterocycles. The molecule has 0 aliphatic carbocycles. The summed E-state index contributed by atoms with van der Waals surface area (Å²) in [5.41, 5.74) is 1.42. The summed E-state index contributed by atoms with van der Waals surface area (Å²) in [6.07, 6.45) is 1.43. The maximum Gasteiger partial charge on any atom is 0.434 e. The number of alkyl halides is 3. The second-order valence-corrected chi connectivity index (χ2v) is 7.22. The molecule has 2 N–H and O–H groups in total. The molecule has 0 aliphatic heterocycles. The number of nitrogens with one attached hydrogen (secondary N) is 2. The Hall–Kier alpha value is -2.15. The van der Waals surface area contributed by atoms with Crippen molar-refractivity contribution in [3.05, 3.63) is 70.2 Å². The van der Waals surface area contributed by atoms with E-state index < -0.39 is 11.9 Å². The van der Waals surface area contributed by atoms with E-state index in [0.29, 0.717) is 30.5 Å². The van der Waals surface area contributed by atoms with Crippen LogP contribution in [0.1, 0.15) is 21.8 Å². The molecule has 1 aromatic carbocycles. The summed E-state index contributed by atoms with van der Waals surface area (Å²) < 4.78 is 39.8. The predicted molar refractivity (Wildman–Crippen MR) is 122 cm³/mol. The number of benzene rings is 1. The number of nitrogens with zero attached hydrogens (tertiary/aromatic N) is 4. The molecule has 0 bridgehead atoms. The number of hydrogen-bond donors (Lipinski definition) is 2. The highest BCUT2D eigenvalue weighted by Gasteiger charge is 2.33. The molecule has 0 spiro atoms. The van der Waals surface area contributed by atoms with Crippen LogP contribution in [0, 0.1) is 0 Å². The van der Waals surface area contributed by atoms with E-state index in [-0.39, 0.29) is 24.0 Å². The lowest BCUT2D eigenvalue weighted by Gasteiger charge is -2.12. The van der Waals surface area contributed by atoms with Gasteiger partial charge in [-0.3, -0.25) is 4.99 Å². The minimum absolute atomic E-state index is 0. The molecule has 3 aromatic rings. The van der Waals surface area contributed by atoms with Crippen LogP contribution in [0.15, 0.2) is 53.4 Å². The van der Waals surface area contributed by atoms with Gasteiger partial charge >= 0.3 is 6.18 Å². The van der Waals surface area contributed by atoms with Gasteiger partial charge in [0.05, 0.1) is 11.3 Å². The van der Waals surface area contributed by atoms with E-state index >= 15 is 0 Å². The summed E-state index contributed by atoms with van der Waals surface area (Å²) in [5.74, 6) is 0.581. The van der Waals surface area contributed by atoms with Crippen LogP contribution < -0.4 is 10.6 Å². The minimum atomic E-state index is -4.40. The highest BCUT2D eigenvalue weighted by Crippen LogP contribution is 2.29. The first-order chi connectivity index (χ1) is 13.9. The van der Waals surface area contributed by atoms with Gasteiger partial charge in [-0.15, -0.1) is 35.3 Å². The Kier molecular flexibility index (Phi) is 9.08. The SMILES string of the molecule is CN=C(NCCc1nc(C(F)(F)F)cs1)NCc1cccc(Cn2ccnc2)c1.I. The third kappa shape index (κ3) is 7.27. The Morgan fingerprint density at radius 3 is 2.70 bits per heavy atom. The molecule has 6 nitrogen and oxygen atoms in total. The summed E-state index contributed by atoms with van der Waals surface area (Å²) in [5, 5.41) is 7.79. The van der Waals surface area contributed by atoms with Crippen molar-refractivity contribution in [3.8, 4) is 0 Å². The number of aliphatic imine (C=N–C) groups is 1. The van der Waals surface area contributed by atoms with E-state index in [4.69, 9.17) is 0 Å². The van der Waals surface area contributed by atoms with E-state index in [1.165, 1.54) is 0 Å². The van der Waals surface area contributed by atoms with Gasteiger partial charge in [0.15, 0.2) is 11.7 Å². The van der Waals surface area contributed by atoms with Crippen LogP contribution in [0.5, 0.6) is 0 Å². The quantitative estimate of drug-likeness (QED) is 0.266.